The third kappa shape index (κ3) is 3.85. The molecule has 94 valence electrons. The Morgan fingerprint density at radius 3 is 2.65 bits per heavy atom. The maximum absolute atomic E-state index is 10.8. The SMILES string of the molecule is CSC(C)(C)CNc1ccc(C(=O)O)c(N)c1. The first-order valence-electron chi connectivity index (χ1n) is 5.27. The van der Waals surface area contributed by atoms with E-state index in [1.165, 1.54) is 6.07 Å². The average molecular weight is 254 g/mol. The number of carboxylic acids is 1. The standard InChI is InChI=1S/C12H18N2O2S/c1-12(2,17-3)7-14-8-4-5-9(11(15)16)10(13)6-8/h4-6,14H,7,13H2,1-3H3,(H,15,16). The summed E-state index contributed by atoms with van der Waals surface area (Å²) in [5, 5.41) is 12.1. The molecule has 4 nitrogen and oxygen atoms in total. The molecule has 0 saturated carbocycles. The third-order valence-electron chi connectivity index (χ3n) is 2.55. The lowest BCUT2D eigenvalue weighted by Crippen LogP contribution is -2.25. The van der Waals surface area contributed by atoms with Crippen molar-refractivity contribution in [3.63, 3.8) is 0 Å². The van der Waals surface area contributed by atoms with Gasteiger partial charge in [0.2, 0.25) is 0 Å². The van der Waals surface area contributed by atoms with Gasteiger partial charge in [-0.1, -0.05) is 0 Å². The van der Waals surface area contributed by atoms with Crippen LogP contribution in [0.5, 0.6) is 0 Å². The van der Waals surface area contributed by atoms with Crippen LogP contribution in [0.1, 0.15) is 24.2 Å². The van der Waals surface area contributed by atoms with Crippen LogP contribution in [0, 0.1) is 0 Å². The molecule has 1 aromatic carbocycles. The van der Waals surface area contributed by atoms with E-state index in [1.54, 1.807) is 23.9 Å². The topological polar surface area (TPSA) is 75.3 Å². The molecule has 0 bridgehead atoms. The van der Waals surface area contributed by atoms with Crippen molar-refractivity contribution in [2.24, 2.45) is 0 Å². The smallest absolute Gasteiger partial charge is 0.337 e. The van der Waals surface area contributed by atoms with Gasteiger partial charge in [-0.25, -0.2) is 4.79 Å². The monoisotopic (exact) mass is 254 g/mol. The van der Waals surface area contributed by atoms with E-state index in [9.17, 15) is 4.79 Å². The van der Waals surface area contributed by atoms with Crippen LogP contribution < -0.4 is 11.1 Å². The Morgan fingerprint density at radius 2 is 2.18 bits per heavy atom. The Bertz CT molecular complexity index is 419. The van der Waals surface area contributed by atoms with Crippen LogP contribution in [-0.2, 0) is 0 Å². The second-order valence-corrected chi connectivity index (χ2v) is 5.94. The molecule has 0 atom stereocenters. The van der Waals surface area contributed by atoms with Gasteiger partial charge in [0.25, 0.3) is 0 Å². The molecule has 17 heavy (non-hydrogen) atoms. The van der Waals surface area contributed by atoms with Crippen molar-refractivity contribution in [3.8, 4) is 0 Å². The van der Waals surface area contributed by atoms with Gasteiger partial charge in [0.05, 0.1) is 5.56 Å². The minimum Gasteiger partial charge on any atom is -0.478 e. The molecule has 1 rings (SSSR count). The van der Waals surface area contributed by atoms with Gasteiger partial charge >= 0.3 is 5.97 Å². The number of benzene rings is 1. The summed E-state index contributed by atoms with van der Waals surface area (Å²) in [5.41, 5.74) is 6.93. The minimum absolute atomic E-state index is 0.125. The molecular formula is C12H18N2O2S. The Labute approximate surface area is 106 Å². The van der Waals surface area contributed by atoms with E-state index in [-0.39, 0.29) is 16.0 Å². The zero-order chi connectivity index (χ0) is 13.1. The number of aromatic carboxylic acids is 1. The van der Waals surface area contributed by atoms with Crippen molar-refractivity contribution < 1.29 is 9.90 Å². The number of thioether (sulfide) groups is 1. The molecule has 1 aromatic rings. The Balaban J connectivity index is 2.75. The molecule has 0 fully saturated rings. The second-order valence-electron chi connectivity index (χ2n) is 4.42. The summed E-state index contributed by atoms with van der Waals surface area (Å²) in [7, 11) is 0. The van der Waals surface area contributed by atoms with E-state index in [4.69, 9.17) is 10.8 Å². The molecule has 0 spiro atoms. The lowest BCUT2D eigenvalue weighted by atomic mass is 10.1. The van der Waals surface area contributed by atoms with Crippen molar-refractivity contribution in [1.82, 2.24) is 0 Å². The number of anilines is 2. The second kappa shape index (κ2) is 5.31. The Kier molecular flexibility index (Phi) is 4.28. The van der Waals surface area contributed by atoms with Crippen LogP contribution in [0.4, 0.5) is 11.4 Å². The van der Waals surface area contributed by atoms with E-state index in [1.807, 2.05) is 0 Å². The van der Waals surface area contributed by atoms with Gasteiger partial charge in [-0.15, -0.1) is 0 Å². The highest BCUT2D eigenvalue weighted by molar-refractivity contribution is 7.99. The van der Waals surface area contributed by atoms with Crippen LogP contribution in [0.2, 0.25) is 0 Å². The molecule has 0 aliphatic heterocycles. The number of nitrogens with one attached hydrogen (secondary N) is 1. The summed E-state index contributed by atoms with van der Waals surface area (Å²) in [6.45, 7) is 5.07. The maximum atomic E-state index is 10.8. The number of nitrogen functional groups attached to an aromatic ring is 1. The number of carbonyl (C=O) groups is 1. The molecule has 0 aromatic heterocycles. The Morgan fingerprint density at radius 1 is 1.53 bits per heavy atom. The molecule has 0 radical (unpaired) electrons. The first-order chi connectivity index (χ1) is 7.85. The number of carboxylic acid groups (broad SMARTS) is 1. The highest BCUT2D eigenvalue weighted by Gasteiger charge is 2.15. The summed E-state index contributed by atoms with van der Waals surface area (Å²) < 4.78 is 0.125. The van der Waals surface area contributed by atoms with Crippen LogP contribution in [0.3, 0.4) is 0 Å². The first kappa shape index (κ1) is 13.7. The molecule has 0 amide bonds. The zero-order valence-electron chi connectivity index (χ0n) is 10.3. The average Bonchev–Trinajstić information content (AvgIpc) is 2.26. The van der Waals surface area contributed by atoms with E-state index in [0.29, 0.717) is 0 Å². The van der Waals surface area contributed by atoms with Gasteiger partial charge in [-0.2, -0.15) is 11.8 Å². The van der Waals surface area contributed by atoms with Gasteiger partial charge in [0, 0.05) is 22.7 Å². The summed E-state index contributed by atoms with van der Waals surface area (Å²) in [4.78, 5) is 10.8. The maximum Gasteiger partial charge on any atom is 0.337 e. The van der Waals surface area contributed by atoms with Gasteiger partial charge in [0.15, 0.2) is 0 Å². The van der Waals surface area contributed by atoms with Crippen LogP contribution in [0.15, 0.2) is 18.2 Å². The van der Waals surface area contributed by atoms with Crippen molar-refractivity contribution >= 4 is 29.1 Å². The largest absolute Gasteiger partial charge is 0.478 e. The van der Waals surface area contributed by atoms with E-state index in [0.717, 1.165) is 12.2 Å². The molecule has 0 heterocycles. The molecule has 0 saturated heterocycles. The molecule has 0 unspecified atom stereocenters. The van der Waals surface area contributed by atoms with E-state index in [2.05, 4.69) is 25.4 Å². The number of hydrogen-bond acceptors (Lipinski definition) is 4. The summed E-state index contributed by atoms with van der Waals surface area (Å²) >= 11 is 1.77. The molecular weight excluding hydrogens is 236 g/mol. The zero-order valence-corrected chi connectivity index (χ0v) is 11.1. The number of hydrogen-bond donors (Lipinski definition) is 3. The normalized spacial score (nSPS) is 11.2. The van der Waals surface area contributed by atoms with Crippen LogP contribution in [0.25, 0.3) is 0 Å². The predicted molar refractivity (Wildman–Crippen MR) is 73.9 cm³/mol. The van der Waals surface area contributed by atoms with Crippen LogP contribution in [-0.4, -0.2) is 28.6 Å². The molecule has 4 N–H and O–H groups in total. The van der Waals surface area contributed by atoms with Gasteiger partial charge in [0.1, 0.15) is 0 Å². The lowest BCUT2D eigenvalue weighted by molar-refractivity contribution is 0.0698. The van der Waals surface area contributed by atoms with Crippen molar-refractivity contribution in [1.29, 1.82) is 0 Å². The number of nitrogens with two attached hydrogens (primary N) is 1. The highest BCUT2D eigenvalue weighted by Crippen LogP contribution is 2.23. The fourth-order valence-electron chi connectivity index (χ4n) is 1.25. The summed E-state index contributed by atoms with van der Waals surface area (Å²) in [6, 6.07) is 4.90. The van der Waals surface area contributed by atoms with E-state index >= 15 is 0 Å². The quantitative estimate of drug-likeness (QED) is 0.704. The fourth-order valence-corrected chi connectivity index (χ4v) is 1.47. The van der Waals surface area contributed by atoms with Crippen molar-refractivity contribution in [3.05, 3.63) is 23.8 Å². The van der Waals surface area contributed by atoms with Gasteiger partial charge in [-0.3, -0.25) is 0 Å². The van der Waals surface area contributed by atoms with Gasteiger partial charge < -0.3 is 16.2 Å². The van der Waals surface area contributed by atoms with Gasteiger partial charge in [-0.05, 0) is 38.3 Å². The highest BCUT2D eigenvalue weighted by atomic mass is 32.2. The predicted octanol–water partition coefficient (Wildman–Crippen LogP) is 2.52. The summed E-state index contributed by atoms with van der Waals surface area (Å²) in [5.74, 6) is -1.00. The van der Waals surface area contributed by atoms with Crippen LogP contribution >= 0.6 is 11.8 Å². The number of rotatable bonds is 5. The van der Waals surface area contributed by atoms with Crippen molar-refractivity contribution in [2.45, 2.75) is 18.6 Å². The fraction of sp³-hybridized carbons (Fsp3) is 0.417. The Hall–Kier alpha value is -1.36. The summed E-state index contributed by atoms with van der Waals surface area (Å²) in [6.07, 6.45) is 2.06. The van der Waals surface area contributed by atoms with Crippen molar-refractivity contribution in [2.75, 3.05) is 23.9 Å². The molecule has 0 aliphatic carbocycles. The lowest BCUT2D eigenvalue weighted by Gasteiger charge is -2.23. The molecule has 5 heteroatoms. The molecule has 0 aliphatic rings. The third-order valence-corrected chi connectivity index (χ3v) is 3.80. The minimum atomic E-state index is -1.00. The van der Waals surface area contributed by atoms with E-state index < -0.39 is 5.97 Å². The first-order valence-corrected chi connectivity index (χ1v) is 6.50.